The highest BCUT2D eigenvalue weighted by Gasteiger charge is 2.64. The maximum Gasteiger partial charge on any atom is 0.338 e. The van der Waals surface area contributed by atoms with Crippen LogP contribution in [0, 0.1) is 0 Å². The van der Waals surface area contributed by atoms with Crippen molar-refractivity contribution in [3.63, 3.8) is 0 Å². The molecule has 6 heteroatoms. The molecule has 5 nitrogen and oxygen atoms in total. The lowest BCUT2D eigenvalue weighted by molar-refractivity contribution is -0.174. The summed E-state index contributed by atoms with van der Waals surface area (Å²) in [4.78, 5) is 25.8. The Hall–Kier alpha value is -2.31. The summed E-state index contributed by atoms with van der Waals surface area (Å²) >= 11 is 1.71. The normalized spacial score (nSPS) is 24.1. The zero-order valence-electron chi connectivity index (χ0n) is 14.4. The fourth-order valence-electron chi connectivity index (χ4n) is 3.57. The molecule has 2 saturated heterocycles. The van der Waals surface area contributed by atoms with E-state index < -0.39 is 11.0 Å². The van der Waals surface area contributed by atoms with Crippen molar-refractivity contribution in [3.05, 3.63) is 71.3 Å². The first-order valence-electron chi connectivity index (χ1n) is 8.46. The molecule has 2 aliphatic rings. The van der Waals surface area contributed by atoms with E-state index in [0.717, 1.165) is 23.4 Å². The molecule has 0 N–H and O–H groups in total. The second kappa shape index (κ2) is 6.78. The quantitative estimate of drug-likeness (QED) is 0.599. The van der Waals surface area contributed by atoms with Crippen LogP contribution in [0.1, 0.15) is 21.5 Å². The van der Waals surface area contributed by atoms with Crippen LogP contribution < -0.4 is 0 Å². The highest BCUT2D eigenvalue weighted by molar-refractivity contribution is 8.00. The fourth-order valence-corrected chi connectivity index (χ4v) is 5.15. The molecule has 2 atom stereocenters. The molecule has 2 fully saturated rings. The molecule has 0 saturated carbocycles. The number of methoxy groups -OCH3 is 1. The largest absolute Gasteiger partial charge is 0.457 e. The molecule has 0 unspecified atom stereocenters. The molecule has 0 aliphatic carbocycles. The number of β-lactam (4-membered cyclic amide) rings is 1. The summed E-state index contributed by atoms with van der Waals surface area (Å²) in [5.41, 5.74) is 2.42. The van der Waals surface area contributed by atoms with Crippen LogP contribution in [0.3, 0.4) is 0 Å². The van der Waals surface area contributed by atoms with E-state index in [1.807, 2.05) is 47.4 Å². The Kier molecular flexibility index (Phi) is 4.46. The number of ether oxygens (including phenoxy) is 2. The Morgan fingerprint density at radius 3 is 2.62 bits per heavy atom. The van der Waals surface area contributed by atoms with Gasteiger partial charge in [0.2, 0.25) is 0 Å². The standard InChI is InChI=1S/C20H19NO4S/c1-24-17-18(22)21-11-12-26-20(17,21)16-9-7-15(8-10-16)19(23)25-13-14-5-3-2-4-6-14/h2-10,17H,11-13H2,1H3/t17-,20+/m1/s1. The molecule has 134 valence electrons. The number of fused-ring (bicyclic) bond motifs is 1. The van der Waals surface area contributed by atoms with Crippen molar-refractivity contribution in [2.24, 2.45) is 0 Å². The summed E-state index contributed by atoms with van der Waals surface area (Å²) < 4.78 is 10.8. The topological polar surface area (TPSA) is 55.8 Å². The second-order valence-electron chi connectivity index (χ2n) is 6.29. The Morgan fingerprint density at radius 2 is 1.92 bits per heavy atom. The minimum absolute atomic E-state index is 0.0313. The molecule has 1 amide bonds. The number of thioether (sulfide) groups is 1. The molecule has 2 aromatic rings. The van der Waals surface area contributed by atoms with Gasteiger partial charge in [-0.25, -0.2) is 4.79 Å². The Bertz CT molecular complexity index is 823. The Labute approximate surface area is 156 Å². The molecular weight excluding hydrogens is 350 g/mol. The zero-order valence-corrected chi connectivity index (χ0v) is 15.2. The van der Waals surface area contributed by atoms with Crippen LogP contribution in [0.5, 0.6) is 0 Å². The third-order valence-corrected chi connectivity index (χ3v) is 6.36. The SMILES string of the molecule is CO[C@@H]1C(=O)N2CCS[C@@]12c1ccc(C(=O)OCc2ccccc2)cc1. The van der Waals surface area contributed by atoms with Crippen molar-refractivity contribution >= 4 is 23.6 Å². The number of esters is 1. The lowest BCUT2D eigenvalue weighted by Gasteiger charge is -2.52. The van der Waals surface area contributed by atoms with Crippen molar-refractivity contribution in [2.45, 2.75) is 17.6 Å². The smallest absolute Gasteiger partial charge is 0.338 e. The molecule has 4 rings (SSSR count). The minimum atomic E-state index is -0.467. The molecule has 2 aliphatic heterocycles. The Morgan fingerprint density at radius 1 is 1.19 bits per heavy atom. The summed E-state index contributed by atoms with van der Waals surface area (Å²) in [6.45, 7) is 0.972. The van der Waals surface area contributed by atoms with E-state index in [0.29, 0.717) is 5.56 Å². The molecule has 2 aromatic carbocycles. The summed E-state index contributed by atoms with van der Waals surface area (Å²) in [6, 6.07) is 16.9. The number of rotatable bonds is 5. The van der Waals surface area contributed by atoms with Gasteiger partial charge < -0.3 is 14.4 Å². The van der Waals surface area contributed by atoms with Gasteiger partial charge in [0, 0.05) is 19.4 Å². The van der Waals surface area contributed by atoms with Gasteiger partial charge in [-0.15, -0.1) is 11.8 Å². The first kappa shape index (κ1) is 17.1. The third kappa shape index (κ3) is 2.61. The van der Waals surface area contributed by atoms with Gasteiger partial charge in [-0.2, -0.15) is 0 Å². The molecule has 0 radical (unpaired) electrons. The van der Waals surface area contributed by atoms with E-state index in [1.165, 1.54) is 0 Å². The first-order valence-corrected chi connectivity index (χ1v) is 9.45. The van der Waals surface area contributed by atoms with Crippen LogP contribution in [-0.4, -0.2) is 42.3 Å². The van der Waals surface area contributed by atoms with Crippen molar-refractivity contribution in [2.75, 3.05) is 19.4 Å². The second-order valence-corrected chi connectivity index (χ2v) is 7.61. The number of benzene rings is 2. The van der Waals surface area contributed by atoms with Crippen molar-refractivity contribution in [3.8, 4) is 0 Å². The molecule has 2 heterocycles. The van der Waals surface area contributed by atoms with E-state index in [2.05, 4.69) is 0 Å². The molecule has 26 heavy (non-hydrogen) atoms. The van der Waals surface area contributed by atoms with E-state index in [4.69, 9.17) is 9.47 Å². The van der Waals surface area contributed by atoms with Crippen LogP contribution in [0.15, 0.2) is 54.6 Å². The van der Waals surface area contributed by atoms with E-state index in [-0.39, 0.29) is 18.5 Å². The molecule has 0 spiro atoms. The number of nitrogens with zero attached hydrogens (tertiary/aromatic N) is 1. The number of carbonyl (C=O) groups is 2. The van der Waals surface area contributed by atoms with Crippen LogP contribution in [0.2, 0.25) is 0 Å². The third-order valence-electron chi connectivity index (χ3n) is 4.87. The predicted octanol–water partition coefficient (Wildman–Crippen LogP) is 2.80. The Balaban J connectivity index is 1.48. The average Bonchev–Trinajstić information content (AvgIpc) is 3.08. The molecule has 0 bridgehead atoms. The molecule has 0 aromatic heterocycles. The minimum Gasteiger partial charge on any atom is -0.457 e. The zero-order chi connectivity index (χ0) is 18.1. The van der Waals surface area contributed by atoms with Gasteiger partial charge in [-0.3, -0.25) is 4.79 Å². The van der Waals surface area contributed by atoms with Gasteiger partial charge in [0.1, 0.15) is 11.5 Å². The lowest BCUT2D eigenvalue weighted by atomic mass is 9.89. The van der Waals surface area contributed by atoms with Crippen molar-refractivity contribution in [1.82, 2.24) is 4.90 Å². The number of carbonyl (C=O) groups excluding carboxylic acids is 2. The average molecular weight is 369 g/mol. The summed E-state index contributed by atoms with van der Waals surface area (Å²) in [7, 11) is 1.57. The van der Waals surface area contributed by atoms with Crippen LogP contribution >= 0.6 is 11.8 Å². The van der Waals surface area contributed by atoms with Gasteiger partial charge in [0.15, 0.2) is 6.10 Å². The van der Waals surface area contributed by atoms with Gasteiger partial charge in [-0.05, 0) is 23.3 Å². The van der Waals surface area contributed by atoms with Crippen LogP contribution in [-0.2, 0) is 25.7 Å². The maximum absolute atomic E-state index is 12.3. The van der Waals surface area contributed by atoms with E-state index >= 15 is 0 Å². The summed E-state index contributed by atoms with van der Waals surface area (Å²) in [5.74, 6) is 0.553. The van der Waals surface area contributed by atoms with E-state index in [1.54, 1.807) is 31.0 Å². The highest BCUT2D eigenvalue weighted by Crippen LogP contribution is 2.55. The lowest BCUT2D eigenvalue weighted by Crippen LogP contribution is -2.68. The summed E-state index contributed by atoms with van der Waals surface area (Å²) in [5, 5.41) is 0. The van der Waals surface area contributed by atoms with Gasteiger partial charge in [-0.1, -0.05) is 42.5 Å². The number of hydrogen-bond acceptors (Lipinski definition) is 5. The van der Waals surface area contributed by atoms with Gasteiger partial charge in [0.05, 0.1) is 5.56 Å². The fraction of sp³-hybridized carbons (Fsp3) is 0.300. The first-order chi connectivity index (χ1) is 12.7. The summed E-state index contributed by atoms with van der Waals surface area (Å²) in [6.07, 6.45) is -0.467. The van der Waals surface area contributed by atoms with Crippen LogP contribution in [0.25, 0.3) is 0 Å². The van der Waals surface area contributed by atoms with Crippen LogP contribution in [0.4, 0.5) is 0 Å². The molecular formula is C20H19NO4S. The number of hydrogen-bond donors (Lipinski definition) is 0. The number of amides is 1. The van der Waals surface area contributed by atoms with Crippen molar-refractivity contribution in [1.29, 1.82) is 0 Å². The highest BCUT2D eigenvalue weighted by atomic mass is 32.2. The monoisotopic (exact) mass is 369 g/mol. The van der Waals surface area contributed by atoms with E-state index in [9.17, 15) is 9.59 Å². The maximum atomic E-state index is 12.3. The van der Waals surface area contributed by atoms with Gasteiger partial charge >= 0.3 is 5.97 Å². The van der Waals surface area contributed by atoms with Crippen molar-refractivity contribution < 1.29 is 19.1 Å². The van der Waals surface area contributed by atoms with Gasteiger partial charge in [0.25, 0.3) is 5.91 Å². The predicted molar refractivity (Wildman–Crippen MR) is 98.6 cm³/mol.